The highest BCUT2D eigenvalue weighted by Gasteiger charge is 2.17. The van der Waals surface area contributed by atoms with Crippen LogP contribution >= 0.6 is 0 Å². The minimum Gasteiger partial charge on any atom is -0.385 e. The number of nitrogens with zero attached hydrogens (tertiary/aromatic N) is 3. The van der Waals surface area contributed by atoms with Crippen molar-refractivity contribution in [2.45, 2.75) is 19.8 Å². The molecule has 7 heteroatoms. The zero-order valence-electron chi connectivity index (χ0n) is 15.9. The summed E-state index contributed by atoms with van der Waals surface area (Å²) in [5, 5.41) is 3.23. The van der Waals surface area contributed by atoms with E-state index in [1.54, 1.807) is 18.6 Å². The second-order valence-corrected chi connectivity index (χ2v) is 6.39. The van der Waals surface area contributed by atoms with E-state index in [-0.39, 0.29) is 23.7 Å². The predicted octanol–water partition coefficient (Wildman–Crippen LogP) is 2.48. The maximum Gasteiger partial charge on any atom is 0.189 e. The van der Waals surface area contributed by atoms with Gasteiger partial charge in [0.2, 0.25) is 0 Å². The lowest BCUT2D eigenvalue weighted by molar-refractivity contribution is 0.0989. The Balaban J connectivity index is 1.86. The molecule has 0 atom stereocenters. The maximum absolute atomic E-state index is 12.9. The van der Waals surface area contributed by atoms with Crippen molar-refractivity contribution < 1.29 is 4.79 Å². The number of nitrogen functional groups attached to an aromatic ring is 1. The van der Waals surface area contributed by atoms with Crippen LogP contribution < -0.4 is 16.8 Å². The number of Topliss-reactive ketones (excluding diaryl/α,β-unsaturated/α-hetero) is 1. The van der Waals surface area contributed by atoms with Gasteiger partial charge < -0.3 is 16.8 Å². The summed E-state index contributed by atoms with van der Waals surface area (Å²) in [7, 11) is 0. The highest BCUT2D eigenvalue weighted by atomic mass is 16.1. The molecule has 7 nitrogen and oxygen atoms in total. The zero-order valence-corrected chi connectivity index (χ0v) is 15.9. The van der Waals surface area contributed by atoms with Gasteiger partial charge in [0.15, 0.2) is 11.6 Å². The molecule has 2 aromatic heterocycles. The number of nitrogens with one attached hydrogen (secondary N) is 1. The molecule has 0 amide bonds. The number of aromatic nitrogens is 3. The van der Waals surface area contributed by atoms with E-state index in [9.17, 15) is 4.79 Å². The fraction of sp³-hybridized carbons (Fsp3) is 0.238. The lowest BCUT2D eigenvalue weighted by Gasteiger charge is -2.10. The number of anilines is 2. The Labute approximate surface area is 164 Å². The van der Waals surface area contributed by atoms with Crippen LogP contribution in [0.15, 0.2) is 48.9 Å². The van der Waals surface area contributed by atoms with Crippen LogP contribution in [0.2, 0.25) is 0 Å². The summed E-state index contributed by atoms with van der Waals surface area (Å²) in [6.45, 7) is 3.35. The fourth-order valence-corrected chi connectivity index (χ4v) is 2.94. The predicted molar refractivity (Wildman–Crippen MR) is 111 cm³/mol. The van der Waals surface area contributed by atoms with Crippen LogP contribution in [0.3, 0.4) is 0 Å². The molecule has 0 aliphatic carbocycles. The Hall–Kier alpha value is -3.32. The van der Waals surface area contributed by atoms with E-state index in [2.05, 4.69) is 20.3 Å². The summed E-state index contributed by atoms with van der Waals surface area (Å²) in [4.78, 5) is 25.6. The quantitative estimate of drug-likeness (QED) is 0.517. The summed E-state index contributed by atoms with van der Waals surface area (Å²) in [6.07, 6.45) is 5.91. The van der Waals surface area contributed by atoms with Gasteiger partial charge in [0, 0.05) is 42.2 Å². The van der Waals surface area contributed by atoms with Gasteiger partial charge in [0.1, 0.15) is 5.69 Å². The molecule has 3 aromatic rings. The average molecular weight is 376 g/mol. The standard InChI is InChI=1S/C21H24N6O/c1-2-25-17-8-10-24-12-16(17)11-19(28)20-21(23)26-13-18(27-20)15-5-3-14(4-6-15)7-9-22/h3-6,8,10,12-13H,2,7,9,11,22H2,1H3,(H2,23,26)(H,24,25). The van der Waals surface area contributed by atoms with Crippen molar-refractivity contribution in [2.75, 3.05) is 24.1 Å². The maximum atomic E-state index is 12.9. The summed E-state index contributed by atoms with van der Waals surface area (Å²) < 4.78 is 0. The van der Waals surface area contributed by atoms with E-state index in [0.717, 1.165) is 35.3 Å². The highest BCUT2D eigenvalue weighted by molar-refractivity contribution is 6.00. The van der Waals surface area contributed by atoms with Crippen LogP contribution in [-0.2, 0) is 12.8 Å². The number of benzene rings is 1. The summed E-state index contributed by atoms with van der Waals surface area (Å²) in [5.41, 5.74) is 16.0. The van der Waals surface area contributed by atoms with Crippen LogP contribution in [0.25, 0.3) is 11.3 Å². The lowest BCUT2D eigenvalue weighted by Crippen LogP contribution is -2.13. The van der Waals surface area contributed by atoms with Gasteiger partial charge in [-0.3, -0.25) is 9.78 Å². The van der Waals surface area contributed by atoms with Gasteiger partial charge in [0.25, 0.3) is 0 Å². The van der Waals surface area contributed by atoms with Crippen molar-refractivity contribution >= 4 is 17.3 Å². The van der Waals surface area contributed by atoms with Crippen molar-refractivity contribution in [3.63, 3.8) is 0 Å². The van der Waals surface area contributed by atoms with Gasteiger partial charge in [-0.05, 0) is 31.5 Å². The summed E-state index contributed by atoms with van der Waals surface area (Å²) in [5.74, 6) is -0.0684. The number of hydrogen-bond donors (Lipinski definition) is 3. The Morgan fingerprint density at radius 1 is 1.14 bits per heavy atom. The molecule has 2 heterocycles. The number of nitrogens with two attached hydrogens (primary N) is 2. The minimum absolute atomic E-state index is 0.127. The van der Waals surface area contributed by atoms with E-state index >= 15 is 0 Å². The average Bonchev–Trinajstić information content (AvgIpc) is 2.71. The molecule has 0 unspecified atom stereocenters. The molecule has 1 aromatic carbocycles. The van der Waals surface area contributed by atoms with Crippen molar-refractivity contribution in [3.05, 3.63) is 65.7 Å². The molecule has 0 spiro atoms. The lowest BCUT2D eigenvalue weighted by atomic mass is 10.1. The van der Waals surface area contributed by atoms with E-state index in [0.29, 0.717) is 12.2 Å². The topological polar surface area (TPSA) is 120 Å². The van der Waals surface area contributed by atoms with Crippen molar-refractivity contribution in [2.24, 2.45) is 5.73 Å². The number of carbonyl (C=O) groups is 1. The molecule has 0 aliphatic heterocycles. The first-order valence-electron chi connectivity index (χ1n) is 9.24. The third-order valence-corrected chi connectivity index (χ3v) is 4.37. The van der Waals surface area contributed by atoms with E-state index < -0.39 is 0 Å². The van der Waals surface area contributed by atoms with Crippen LogP contribution in [-0.4, -0.2) is 33.8 Å². The number of hydrogen-bond acceptors (Lipinski definition) is 7. The van der Waals surface area contributed by atoms with E-state index in [4.69, 9.17) is 11.5 Å². The molecule has 0 saturated carbocycles. The molecule has 0 saturated heterocycles. The normalized spacial score (nSPS) is 10.6. The number of rotatable bonds is 8. The third-order valence-electron chi connectivity index (χ3n) is 4.37. The second-order valence-electron chi connectivity index (χ2n) is 6.39. The number of ketones is 1. The summed E-state index contributed by atoms with van der Waals surface area (Å²) in [6, 6.07) is 9.74. The van der Waals surface area contributed by atoms with Crippen LogP contribution in [0, 0.1) is 0 Å². The smallest absolute Gasteiger partial charge is 0.189 e. The first-order valence-corrected chi connectivity index (χ1v) is 9.24. The third kappa shape index (κ3) is 4.50. The van der Waals surface area contributed by atoms with E-state index in [1.165, 1.54) is 0 Å². The Morgan fingerprint density at radius 2 is 1.93 bits per heavy atom. The molecule has 144 valence electrons. The number of carbonyl (C=O) groups excluding carboxylic acids is 1. The molecule has 0 fully saturated rings. The highest BCUT2D eigenvalue weighted by Crippen LogP contribution is 2.21. The Kier molecular flexibility index (Phi) is 6.29. The SMILES string of the molecule is CCNc1ccncc1CC(=O)c1nc(-c2ccc(CCN)cc2)cnc1N. The van der Waals surface area contributed by atoms with Crippen molar-refractivity contribution in [3.8, 4) is 11.3 Å². The van der Waals surface area contributed by atoms with E-state index in [1.807, 2.05) is 37.3 Å². The molecule has 28 heavy (non-hydrogen) atoms. The molecule has 0 radical (unpaired) electrons. The second kappa shape index (κ2) is 9.05. The van der Waals surface area contributed by atoms with Crippen molar-refractivity contribution in [1.29, 1.82) is 0 Å². The molecular weight excluding hydrogens is 352 g/mol. The van der Waals surface area contributed by atoms with Crippen LogP contribution in [0.1, 0.15) is 28.5 Å². The fourth-order valence-electron chi connectivity index (χ4n) is 2.94. The molecule has 3 rings (SSSR count). The zero-order chi connectivity index (χ0) is 19.9. The first kappa shape index (κ1) is 19.4. The molecule has 0 bridgehead atoms. The van der Waals surface area contributed by atoms with Crippen LogP contribution in [0.5, 0.6) is 0 Å². The van der Waals surface area contributed by atoms with Gasteiger partial charge in [-0.2, -0.15) is 0 Å². The van der Waals surface area contributed by atoms with Gasteiger partial charge in [-0.15, -0.1) is 0 Å². The van der Waals surface area contributed by atoms with Crippen molar-refractivity contribution in [1.82, 2.24) is 15.0 Å². The van der Waals surface area contributed by atoms with Gasteiger partial charge >= 0.3 is 0 Å². The van der Waals surface area contributed by atoms with Gasteiger partial charge in [-0.25, -0.2) is 9.97 Å². The molecule has 5 N–H and O–H groups in total. The summed E-state index contributed by atoms with van der Waals surface area (Å²) >= 11 is 0. The van der Waals surface area contributed by atoms with Gasteiger partial charge in [0.05, 0.1) is 11.9 Å². The largest absolute Gasteiger partial charge is 0.385 e. The first-order chi connectivity index (χ1) is 13.6. The number of pyridine rings is 1. The minimum atomic E-state index is -0.196. The van der Waals surface area contributed by atoms with Crippen LogP contribution in [0.4, 0.5) is 11.5 Å². The molecular formula is C21H24N6O. The Bertz CT molecular complexity index is 955. The van der Waals surface area contributed by atoms with Gasteiger partial charge in [-0.1, -0.05) is 24.3 Å². The molecule has 0 aliphatic rings. The monoisotopic (exact) mass is 376 g/mol. The Morgan fingerprint density at radius 3 is 2.64 bits per heavy atom.